The van der Waals surface area contributed by atoms with E-state index in [1.807, 2.05) is 36.4 Å². The van der Waals surface area contributed by atoms with Gasteiger partial charge in [-0.25, -0.2) is 4.79 Å². The van der Waals surface area contributed by atoms with Gasteiger partial charge in [-0.2, -0.15) is 0 Å². The lowest BCUT2D eigenvalue weighted by Gasteiger charge is -2.16. The van der Waals surface area contributed by atoms with Gasteiger partial charge in [0, 0.05) is 6.42 Å². The number of allylic oxidation sites excluding steroid dienone is 2. The van der Waals surface area contributed by atoms with Gasteiger partial charge in [0.05, 0.1) is 0 Å². The number of carboxylic acid groups (broad SMARTS) is 1. The van der Waals surface area contributed by atoms with Crippen LogP contribution >= 0.6 is 0 Å². The van der Waals surface area contributed by atoms with Crippen molar-refractivity contribution in [3.8, 4) is 0 Å². The minimum Gasteiger partial charge on any atom is -0.480 e. The Morgan fingerprint density at radius 1 is 1.29 bits per heavy atom. The molecule has 21 heavy (non-hydrogen) atoms. The number of amides is 1. The van der Waals surface area contributed by atoms with Crippen molar-refractivity contribution >= 4 is 11.9 Å². The Balaban J connectivity index is 1.82. The highest BCUT2D eigenvalue weighted by molar-refractivity contribution is 5.83. The molecule has 0 aliphatic heterocycles. The number of carbonyl (C=O) groups is 2. The summed E-state index contributed by atoms with van der Waals surface area (Å²) in [5.74, 6) is -0.887. The highest BCUT2D eigenvalue weighted by Gasteiger charge is 2.21. The van der Waals surface area contributed by atoms with Crippen LogP contribution in [0.25, 0.3) is 0 Å². The van der Waals surface area contributed by atoms with Gasteiger partial charge in [0.25, 0.3) is 0 Å². The average Bonchev–Trinajstić information content (AvgIpc) is 2.97. The van der Waals surface area contributed by atoms with Crippen molar-refractivity contribution in [2.24, 2.45) is 5.92 Å². The number of nitrogens with one attached hydrogen (secondary N) is 1. The van der Waals surface area contributed by atoms with Crippen LogP contribution in [-0.4, -0.2) is 23.0 Å². The van der Waals surface area contributed by atoms with Gasteiger partial charge in [0.1, 0.15) is 6.04 Å². The van der Waals surface area contributed by atoms with E-state index < -0.39 is 12.0 Å². The molecule has 1 aliphatic rings. The Hall–Kier alpha value is -2.10. The number of aryl methyl sites for hydroxylation is 1. The second-order valence-corrected chi connectivity index (χ2v) is 5.45. The van der Waals surface area contributed by atoms with Crippen LogP contribution in [0, 0.1) is 5.92 Å². The molecule has 0 saturated carbocycles. The van der Waals surface area contributed by atoms with Gasteiger partial charge in [0.15, 0.2) is 0 Å². The highest BCUT2D eigenvalue weighted by Crippen LogP contribution is 2.20. The Labute approximate surface area is 124 Å². The number of carboxylic acids is 1. The van der Waals surface area contributed by atoms with E-state index in [4.69, 9.17) is 0 Å². The summed E-state index contributed by atoms with van der Waals surface area (Å²) in [5.41, 5.74) is 1.08. The lowest BCUT2D eigenvalue weighted by Crippen LogP contribution is -2.41. The number of hydrogen-bond donors (Lipinski definition) is 2. The molecule has 2 rings (SSSR count). The van der Waals surface area contributed by atoms with Crippen molar-refractivity contribution in [3.05, 3.63) is 48.0 Å². The minimum atomic E-state index is -0.971. The molecular weight excluding hydrogens is 266 g/mol. The molecule has 112 valence electrons. The van der Waals surface area contributed by atoms with Crippen LogP contribution in [0.1, 0.15) is 31.2 Å². The van der Waals surface area contributed by atoms with Gasteiger partial charge in [-0.15, -0.1) is 0 Å². The SMILES string of the molecule is O=C(CC1C=CCC1)NC(CCc1ccccc1)C(=O)O. The minimum absolute atomic E-state index is 0.174. The average molecular weight is 287 g/mol. The molecule has 0 fully saturated rings. The van der Waals surface area contributed by atoms with Crippen molar-refractivity contribution in [3.63, 3.8) is 0 Å². The maximum atomic E-state index is 11.9. The summed E-state index contributed by atoms with van der Waals surface area (Å²) >= 11 is 0. The van der Waals surface area contributed by atoms with E-state index in [2.05, 4.69) is 11.4 Å². The molecular formula is C17H21NO3. The predicted octanol–water partition coefficient (Wildman–Crippen LogP) is 2.54. The Kier molecular flexibility index (Phi) is 5.55. The first kappa shape index (κ1) is 15.3. The van der Waals surface area contributed by atoms with Crippen LogP contribution in [0.2, 0.25) is 0 Å². The fraction of sp³-hybridized carbons (Fsp3) is 0.412. The molecule has 0 bridgehead atoms. The third-order valence-corrected chi connectivity index (χ3v) is 3.76. The van der Waals surface area contributed by atoms with Crippen LogP contribution in [0.15, 0.2) is 42.5 Å². The van der Waals surface area contributed by atoms with Gasteiger partial charge < -0.3 is 10.4 Å². The zero-order valence-electron chi connectivity index (χ0n) is 12.0. The Morgan fingerprint density at radius 3 is 2.67 bits per heavy atom. The second-order valence-electron chi connectivity index (χ2n) is 5.45. The Morgan fingerprint density at radius 2 is 2.05 bits per heavy atom. The second kappa shape index (κ2) is 7.62. The molecule has 4 heteroatoms. The number of aliphatic carboxylic acids is 1. The molecule has 0 spiro atoms. The first-order valence-electron chi connectivity index (χ1n) is 7.38. The number of carbonyl (C=O) groups excluding carboxylic acids is 1. The summed E-state index contributed by atoms with van der Waals surface area (Å²) in [6.45, 7) is 0. The molecule has 4 nitrogen and oxygen atoms in total. The van der Waals surface area contributed by atoms with Crippen molar-refractivity contribution in [1.29, 1.82) is 0 Å². The maximum Gasteiger partial charge on any atom is 0.326 e. The number of benzene rings is 1. The lowest BCUT2D eigenvalue weighted by atomic mass is 10.0. The monoisotopic (exact) mass is 287 g/mol. The topological polar surface area (TPSA) is 66.4 Å². The van der Waals surface area contributed by atoms with E-state index in [-0.39, 0.29) is 11.8 Å². The lowest BCUT2D eigenvalue weighted by molar-refractivity contribution is -0.142. The highest BCUT2D eigenvalue weighted by atomic mass is 16.4. The van der Waals surface area contributed by atoms with Crippen molar-refractivity contribution in [2.45, 2.75) is 38.1 Å². The summed E-state index contributed by atoms with van der Waals surface area (Å²) in [6, 6.07) is 8.89. The first-order valence-corrected chi connectivity index (χ1v) is 7.38. The third kappa shape index (κ3) is 5.06. The van der Waals surface area contributed by atoms with Crippen molar-refractivity contribution < 1.29 is 14.7 Å². The van der Waals surface area contributed by atoms with E-state index in [9.17, 15) is 14.7 Å². The van der Waals surface area contributed by atoms with Gasteiger partial charge in [-0.1, -0.05) is 42.5 Å². The summed E-state index contributed by atoms with van der Waals surface area (Å²) in [7, 11) is 0. The summed E-state index contributed by atoms with van der Waals surface area (Å²) < 4.78 is 0. The fourth-order valence-electron chi connectivity index (χ4n) is 2.57. The van der Waals surface area contributed by atoms with Crippen LogP contribution < -0.4 is 5.32 Å². The third-order valence-electron chi connectivity index (χ3n) is 3.76. The molecule has 1 aromatic rings. The molecule has 2 N–H and O–H groups in total. The van der Waals surface area contributed by atoms with Crippen LogP contribution in [0.4, 0.5) is 0 Å². The largest absolute Gasteiger partial charge is 0.480 e. The van der Waals surface area contributed by atoms with E-state index >= 15 is 0 Å². The van der Waals surface area contributed by atoms with Crippen LogP contribution in [-0.2, 0) is 16.0 Å². The normalized spacial score (nSPS) is 18.4. The maximum absolute atomic E-state index is 11.9. The molecule has 0 heterocycles. The molecule has 1 aromatic carbocycles. The smallest absolute Gasteiger partial charge is 0.326 e. The van der Waals surface area contributed by atoms with Gasteiger partial charge in [-0.3, -0.25) is 4.79 Å². The van der Waals surface area contributed by atoms with Gasteiger partial charge >= 0.3 is 5.97 Å². The zero-order valence-corrected chi connectivity index (χ0v) is 12.0. The number of hydrogen-bond acceptors (Lipinski definition) is 2. The summed E-state index contributed by atoms with van der Waals surface area (Å²) in [6.07, 6.45) is 7.53. The Bertz CT molecular complexity index is 510. The zero-order chi connectivity index (χ0) is 15.1. The molecule has 1 amide bonds. The van der Waals surface area contributed by atoms with Gasteiger partial charge in [0.2, 0.25) is 5.91 Å². The summed E-state index contributed by atoms with van der Waals surface area (Å²) in [5, 5.41) is 11.9. The van der Waals surface area contributed by atoms with Gasteiger partial charge in [-0.05, 0) is 37.2 Å². The number of rotatable bonds is 7. The van der Waals surface area contributed by atoms with Crippen LogP contribution in [0.5, 0.6) is 0 Å². The van der Waals surface area contributed by atoms with E-state index in [1.165, 1.54) is 0 Å². The van der Waals surface area contributed by atoms with E-state index in [1.54, 1.807) is 0 Å². The standard InChI is InChI=1S/C17H21NO3/c19-16(12-14-8-4-5-9-14)18-15(17(20)21)11-10-13-6-2-1-3-7-13/h1-4,6-8,14-15H,5,9-12H2,(H,18,19)(H,20,21). The quantitative estimate of drug-likeness (QED) is 0.757. The predicted molar refractivity (Wildman–Crippen MR) is 80.8 cm³/mol. The fourth-order valence-corrected chi connectivity index (χ4v) is 2.57. The molecule has 1 aliphatic carbocycles. The molecule has 0 aromatic heterocycles. The first-order chi connectivity index (χ1) is 10.1. The van der Waals surface area contributed by atoms with E-state index in [0.717, 1.165) is 18.4 Å². The van der Waals surface area contributed by atoms with Crippen LogP contribution in [0.3, 0.4) is 0 Å². The van der Waals surface area contributed by atoms with E-state index in [0.29, 0.717) is 19.3 Å². The molecule has 2 atom stereocenters. The summed E-state index contributed by atoms with van der Waals surface area (Å²) in [4.78, 5) is 23.2. The van der Waals surface area contributed by atoms with Crippen molar-refractivity contribution in [1.82, 2.24) is 5.32 Å². The van der Waals surface area contributed by atoms with Crippen molar-refractivity contribution in [2.75, 3.05) is 0 Å². The molecule has 0 saturated heterocycles. The molecule has 2 unspecified atom stereocenters. The molecule has 0 radical (unpaired) electrons.